The van der Waals surface area contributed by atoms with Gasteiger partial charge < -0.3 is 23.8 Å². The number of hydrogen-bond donors (Lipinski definition) is 2. The van der Waals surface area contributed by atoms with E-state index in [0.717, 1.165) is 22.1 Å². The highest BCUT2D eigenvalue weighted by Crippen LogP contribution is 2.42. The second kappa shape index (κ2) is 7.04. The molecule has 6 heteroatoms. The first kappa shape index (κ1) is 17.1. The van der Waals surface area contributed by atoms with E-state index in [2.05, 4.69) is 5.48 Å². The van der Waals surface area contributed by atoms with Gasteiger partial charge in [-0.2, -0.15) is 5.48 Å². The van der Waals surface area contributed by atoms with E-state index in [1.807, 2.05) is 43.3 Å². The average molecular weight is 343 g/mol. The summed E-state index contributed by atoms with van der Waals surface area (Å²) >= 11 is 0. The van der Waals surface area contributed by atoms with Crippen LogP contribution in [0.3, 0.4) is 0 Å². The van der Waals surface area contributed by atoms with E-state index in [9.17, 15) is 0 Å². The zero-order chi connectivity index (χ0) is 18.0. The molecule has 0 amide bonds. The number of hydroxylamine groups is 1. The lowest BCUT2D eigenvalue weighted by Gasteiger charge is -2.13. The first-order chi connectivity index (χ1) is 12.1. The van der Waals surface area contributed by atoms with E-state index < -0.39 is 0 Å². The molecular weight excluding hydrogens is 322 g/mol. The van der Waals surface area contributed by atoms with Gasteiger partial charge in [0.25, 0.3) is 0 Å². The highest BCUT2D eigenvalue weighted by Gasteiger charge is 2.16. The molecule has 2 aromatic carbocycles. The van der Waals surface area contributed by atoms with Gasteiger partial charge in [0.2, 0.25) is 5.75 Å². The van der Waals surface area contributed by atoms with Crippen molar-refractivity contribution in [2.24, 2.45) is 0 Å². The molecule has 0 saturated carbocycles. The Morgan fingerprint density at radius 3 is 2.20 bits per heavy atom. The topological polar surface area (TPSA) is 73.1 Å². The Labute approximate surface area is 145 Å². The lowest BCUT2D eigenvalue weighted by atomic mass is 10.1. The van der Waals surface area contributed by atoms with Crippen LogP contribution < -0.4 is 19.7 Å². The highest BCUT2D eigenvalue weighted by atomic mass is 16.5. The van der Waals surface area contributed by atoms with Gasteiger partial charge in [-0.15, -0.1) is 0 Å². The quantitative estimate of drug-likeness (QED) is 0.655. The summed E-state index contributed by atoms with van der Waals surface area (Å²) in [6.07, 6.45) is 0. The zero-order valence-electron chi connectivity index (χ0n) is 14.6. The maximum atomic E-state index is 9.10. The van der Waals surface area contributed by atoms with Crippen LogP contribution in [-0.2, 0) is 0 Å². The van der Waals surface area contributed by atoms with Gasteiger partial charge in [0.1, 0.15) is 11.3 Å². The van der Waals surface area contributed by atoms with Crippen LogP contribution >= 0.6 is 0 Å². The average Bonchev–Trinajstić information content (AvgIpc) is 3.09. The summed E-state index contributed by atoms with van der Waals surface area (Å²) in [7, 11) is 4.73. The first-order valence-electron chi connectivity index (χ1n) is 7.84. The lowest BCUT2D eigenvalue weighted by molar-refractivity contribution is 0.133. The van der Waals surface area contributed by atoms with Crippen LogP contribution in [0.1, 0.15) is 18.5 Å². The molecule has 0 radical (unpaired) electrons. The van der Waals surface area contributed by atoms with E-state index in [1.165, 1.54) is 0 Å². The van der Waals surface area contributed by atoms with Crippen LogP contribution in [0.15, 0.2) is 40.8 Å². The molecule has 2 N–H and O–H groups in total. The lowest BCUT2D eigenvalue weighted by Crippen LogP contribution is -2.12. The van der Waals surface area contributed by atoms with Crippen LogP contribution in [0.5, 0.6) is 17.2 Å². The molecular formula is C19H21NO5. The van der Waals surface area contributed by atoms with Gasteiger partial charge in [-0.05, 0) is 42.8 Å². The summed E-state index contributed by atoms with van der Waals surface area (Å²) in [6.45, 7) is 1.88. The molecule has 25 heavy (non-hydrogen) atoms. The Morgan fingerprint density at radius 2 is 1.64 bits per heavy atom. The van der Waals surface area contributed by atoms with Crippen molar-refractivity contribution in [1.82, 2.24) is 5.48 Å². The van der Waals surface area contributed by atoms with Gasteiger partial charge in [0, 0.05) is 10.9 Å². The fraction of sp³-hybridized carbons (Fsp3) is 0.263. The second-order valence-electron chi connectivity index (χ2n) is 5.67. The van der Waals surface area contributed by atoms with Gasteiger partial charge in [0.15, 0.2) is 11.5 Å². The molecule has 132 valence electrons. The third-order valence-corrected chi connectivity index (χ3v) is 4.18. The Balaban J connectivity index is 2.09. The van der Waals surface area contributed by atoms with Gasteiger partial charge in [-0.25, -0.2) is 0 Å². The minimum Gasteiger partial charge on any atom is -0.493 e. The summed E-state index contributed by atoms with van der Waals surface area (Å²) in [5.74, 6) is 2.36. The molecule has 1 unspecified atom stereocenters. The van der Waals surface area contributed by atoms with Crippen molar-refractivity contribution in [3.8, 4) is 28.6 Å². The molecule has 0 aliphatic carbocycles. The van der Waals surface area contributed by atoms with E-state index in [-0.39, 0.29) is 6.04 Å². The molecule has 0 spiro atoms. The van der Waals surface area contributed by atoms with Crippen molar-refractivity contribution in [3.05, 3.63) is 42.0 Å². The van der Waals surface area contributed by atoms with Crippen LogP contribution in [0, 0.1) is 0 Å². The third-order valence-electron chi connectivity index (χ3n) is 4.18. The van der Waals surface area contributed by atoms with Crippen molar-refractivity contribution in [2.45, 2.75) is 13.0 Å². The maximum absolute atomic E-state index is 9.10. The number of fused-ring (bicyclic) bond motifs is 1. The van der Waals surface area contributed by atoms with Crippen LogP contribution in [-0.4, -0.2) is 26.5 Å². The predicted molar refractivity (Wildman–Crippen MR) is 94.6 cm³/mol. The minimum absolute atomic E-state index is 0.163. The number of ether oxygens (including phenoxy) is 3. The number of benzene rings is 2. The second-order valence-corrected chi connectivity index (χ2v) is 5.67. The summed E-state index contributed by atoms with van der Waals surface area (Å²) in [5, 5.41) is 10.0. The first-order valence-corrected chi connectivity index (χ1v) is 7.84. The standard InChI is InChI=1S/C19H21NO5/c1-11(20-21)12-5-6-15-13(7-12)8-16(25-15)14-9-17(22-2)19(24-4)18(10-14)23-3/h5-11,20-21H,1-4H3. The highest BCUT2D eigenvalue weighted by molar-refractivity contribution is 5.84. The molecule has 1 atom stereocenters. The summed E-state index contributed by atoms with van der Waals surface area (Å²) < 4.78 is 22.1. The summed E-state index contributed by atoms with van der Waals surface area (Å²) in [5.41, 5.74) is 4.80. The summed E-state index contributed by atoms with van der Waals surface area (Å²) in [4.78, 5) is 0. The molecule has 3 rings (SSSR count). The molecule has 0 saturated heterocycles. The van der Waals surface area contributed by atoms with E-state index in [0.29, 0.717) is 23.0 Å². The van der Waals surface area contributed by atoms with E-state index in [1.54, 1.807) is 21.3 Å². The molecule has 0 aliphatic rings. The van der Waals surface area contributed by atoms with Crippen LogP contribution in [0.25, 0.3) is 22.3 Å². The largest absolute Gasteiger partial charge is 0.493 e. The fourth-order valence-electron chi connectivity index (χ4n) is 2.77. The maximum Gasteiger partial charge on any atom is 0.203 e. The van der Waals surface area contributed by atoms with Crippen LogP contribution in [0.2, 0.25) is 0 Å². The van der Waals surface area contributed by atoms with Crippen molar-refractivity contribution >= 4 is 11.0 Å². The predicted octanol–water partition coefficient (Wildman–Crippen LogP) is 4.17. The van der Waals surface area contributed by atoms with E-state index in [4.69, 9.17) is 23.8 Å². The Morgan fingerprint density at radius 1 is 0.960 bits per heavy atom. The number of methoxy groups -OCH3 is 3. The Bertz CT molecular complexity index is 862. The van der Waals surface area contributed by atoms with Crippen molar-refractivity contribution in [1.29, 1.82) is 0 Å². The van der Waals surface area contributed by atoms with Crippen molar-refractivity contribution in [3.63, 3.8) is 0 Å². The minimum atomic E-state index is -0.163. The van der Waals surface area contributed by atoms with Crippen molar-refractivity contribution < 1.29 is 23.8 Å². The normalized spacial score (nSPS) is 12.2. The molecule has 0 aliphatic heterocycles. The molecule has 3 aromatic rings. The third kappa shape index (κ3) is 3.14. The molecule has 6 nitrogen and oxygen atoms in total. The summed E-state index contributed by atoms with van der Waals surface area (Å²) in [6, 6.07) is 11.3. The number of hydrogen-bond acceptors (Lipinski definition) is 6. The smallest absolute Gasteiger partial charge is 0.203 e. The molecule has 1 heterocycles. The Kier molecular flexibility index (Phi) is 4.83. The Hall–Kier alpha value is -2.70. The molecule has 1 aromatic heterocycles. The zero-order valence-corrected chi connectivity index (χ0v) is 14.6. The van der Waals surface area contributed by atoms with Gasteiger partial charge in [-0.1, -0.05) is 6.07 Å². The van der Waals surface area contributed by atoms with E-state index >= 15 is 0 Å². The van der Waals surface area contributed by atoms with Crippen LogP contribution in [0.4, 0.5) is 0 Å². The number of furan rings is 1. The van der Waals surface area contributed by atoms with Crippen molar-refractivity contribution in [2.75, 3.05) is 21.3 Å². The molecule has 0 bridgehead atoms. The monoisotopic (exact) mass is 343 g/mol. The van der Waals surface area contributed by atoms with Gasteiger partial charge in [0.05, 0.1) is 27.4 Å². The number of rotatable bonds is 6. The van der Waals surface area contributed by atoms with Gasteiger partial charge in [-0.3, -0.25) is 0 Å². The fourth-order valence-corrected chi connectivity index (χ4v) is 2.77. The number of nitrogens with one attached hydrogen (secondary N) is 1. The SMILES string of the molecule is COc1cc(-c2cc3cc(C(C)NO)ccc3o2)cc(OC)c1OC. The van der Waals surface area contributed by atoms with Gasteiger partial charge >= 0.3 is 0 Å². The molecule has 0 fully saturated rings.